The Bertz CT molecular complexity index is 886. The van der Waals surface area contributed by atoms with E-state index in [0.29, 0.717) is 5.75 Å². The molecule has 2 aromatic rings. The maximum Gasteiger partial charge on any atom is 0.262 e. The molecule has 0 aromatic heterocycles. The number of rotatable bonds is 7. The zero-order valence-corrected chi connectivity index (χ0v) is 15.0. The molecule has 0 saturated heterocycles. The maximum absolute atomic E-state index is 13.1. The third kappa shape index (κ3) is 5.78. The van der Waals surface area contributed by atoms with Gasteiger partial charge < -0.3 is 10.1 Å². The van der Waals surface area contributed by atoms with Crippen molar-refractivity contribution in [3.8, 4) is 5.75 Å². The van der Waals surface area contributed by atoms with Crippen molar-refractivity contribution in [2.24, 2.45) is 0 Å². The van der Waals surface area contributed by atoms with E-state index in [-0.39, 0.29) is 18.8 Å². The van der Waals surface area contributed by atoms with Crippen molar-refractivity contribution in [1.29, 1.82) is 0 Å². The average molecular weight is 384 g/mol. The standard InChI is InChI=1S/C17H18F2N2O4S/c1-21(26(2,23)24)10-12-3-6-14(7-4-12)25-11-17(22)20-13-5-8-15(18)16(19)9-13/h3-9H,10-11H2,1-2H3,(H,20,22). The molecular weight excluding hydrogens is 366 g/mol. The molecule has 0 atom stereocenters. The molecule has 0 saturated carbocycles. The van der Waals surface area contributed by atoms with Crippen LogP contribution >= 0.6 is 0 Å². The van der Waals surface area contributed by atoms with E-state index in [4.69, 9.17) is 4.74 Å². The number of halogens is 2. The molecule has 6 nitrogen and oxygen atoms in total. The molecule has 1 N–H and O–H groups in total. The van der Waals surface area contributed by atoms with Gasteiger partial charge in [-0.05, 0) is 29.8 Å². The van der Waals surface area contributed by atoms with Crippen LogP contribution in [0.25, 0.3) is 0 Å². The molecule has 2 aromatic carbocycles. The molecule has 140 valence electrons. The summed E-state index contributed by atoms with van der Waals surface area (Å²) in [5, 5.41) is 2.39. The Morgan fingerprint density at radius 3 is 2.35 bits per heavy atom. The van der Waals surface area contributed by atoms with Crippen LogP contribution in [0.5, 0.6) is 5.75 Å². The first kappa shape index (κ1) is 19.8. The topological polar surface area (TPSA) is 75.7 Å². The minimum atomic E-state index is -3.27. The predicted octanol–water partition coefficient (Wildman–Crippen LogP) is 2.37. The van der Waals surface area contributed by atoms with Crippen LogP contribution in [0.4, 0.5) is 14.5 Å². The third-order valence-electron chi connectivity index (χ3n) is 3.47. The van der Waals surface area contributed by atoms with E-state index in [1.165, 1.54) is 17.4 Å². The number of nitrogens with zero attached hydrogens (tertiary/aromatic N) is 1. The summed E-state index contributed by atoms with van der Waals surface area (Å²) in [6, 6.07) is 9.61. The van der Waals surface area contributed by atoms with Gasteiger partial charge in [-0.25, -0.2) is 21.5 Å². The van der Waals surface area contributed by atoms with Crippen LogP contribution in [-0.2, 0) is 21.4 Å². The number of anilines is 1. The van der Waals surface area contributed by atoms with E-state index in [0.717, 1.165) is 24.0 Å². The van der Waals surface area contributed by atoms with Crippen LogP contribution in [0.15, 0.2) is 42.5 Å². The Labute approximate surface area is 150 Å². The smallest absolute Gasteiger partial charge is 0.262 e. The van der Waals surface area contributed by atoms with E-state index in [2.05, 4.69) is 5.32 Å². The third-order valence-corrected chi connectivity index (χ3v) is 4.73. The van der Waals surface area contributed by atoms with Crippen LogP contribution < -0.4 is 10.1 Å². The number of ether oxygens (including phenoxy) is 1. The Balaban J connectivity index is 1.87. The van der Waals surface area contributed by atoms with E-state index in [9.17, 15) is 22.0 Å². The molecule has 0 fully saturated rings. The van der Waals surface area contributed by atoms with Crippen molar-refractivity contribution < 1.29 is 26.7 Å². The molecule has 9 heteroatoms. The van der Waals surface area contributed by atoms with E-state index in [1.807, 2.05) is 0 Å². The summed E-state index contributed by atoms with van der Waals surface area (Å²) in [5.74, 6) is -2.17. The van der Waals surface area contributed by atoms with Gasteiger partial charge in [-0.15, -0.1) is 0 Å². The fourth-order valence-corrected chi connectivity index (χ4v) is 2.37. The molecule has 2 rings (SSSR count). The molecular formula is C17H18F2N2O4S. The number of sulfonamides is 1. The Morgan fingerprint density at radius 1 is 1.12 bits per heavy atom. The van der Waals surface area contributed by atoms with Gasteiger partial charge in [0.25, 0.3) is 5.91 Å². The molecule has 0 aliphatic heterocycles. The minimum absolute atomic E-state index is 0.122. The van der Waals surface area contributed by atoms with Crippen molar-refractivity contribution >= 4 is 21.6 Å². The number of hydrogen-bond donors (Lipinski definition) is 1. The first-order chi connectivity index (χ1) is 12.1. The second kappa shape index (κ2) is 8.24. The lowest BCUT2D eigenvalue weighted by molar-refractivity contribution is -0.118. The molecule has 0 radical (unpaired) electrons. The molecule has 0 bridgehead atoms. The first-order valence-corrected chi connectivity index (χ1v) is 9.38. The fraction of sp³-hybridized carbons (Fsp3) is 0.235. The lowest BCUT2D eigenvalue weighted by atomic mass is 10.2. The van der Waals surface area contributed by atoms with Gasteiger partial charge in [0.1, 0.15) is 5.75 Å². The molecule has 0 spiro atoms. The van der Waals surface area contributed by atoms with Crippen LogP contribution in [0.1, 0.15) is 5.56 Å². The number of amides is 1. The maximum atomic E-state index is 13.1. The molecule has 0 heterocycles. The van der Waals surface area contributed by atoms with Gasteiger partial charge in [-0.1, -0.05) is 12.1 Å². The average Bonchev–Trinajstić information content (AvgIpc) is 2.57. The van der Waals surface area contributed by atoms with Gasteiger partial charge >= 0.3 is 0 Å². The van der Waals surface area contributed by atoms with Crippen molar-refractivity contribution in [3.05, 3.63) is 59.7 Å². The minimum Gasteiger partial charge on any atom is -0.484 e. The van der Waals surface area contributed by atoms with Gasteiger partial charge in [0.05, 0.1) is 6.26 Å². The predicted molar refractivity (Wildman–Crippen MR) is 93.2 cm³/mol. The fourth-order valence-electron chi connectivity index (χ4n) is 1.99. The van der Waals surface area contributed by atoms with Crippen molar-refractivity contribution in [3.63, 3.8) is 0 Å². The highest BCUT2D eigenvalue weighted by Crippen LogP contribution is 2.15. The van der Waals surface area contributed by atoms with Crippen molar-refractivity contribution in [1.82, 2.24) is 4.31 Å². The summed E-state index contributed by atoms with van der Waals surface area (Å²) < 4.78 is 55.2. The quantitative estimate of drug-likeness (QED) is 0.795. The summed E-state index contributed by atoms with van der Waals surface area (Å²) in [4.78, 5) is 11.8. The summed E-state index contributed by atoms with van der Waals surface area (Å²) in [6.45, 7) is -0.0999. The molecule has 1 amide bonds. The number of nitrogens with one attached hydrogen (secondary N) is 1. The van der Waals surface area contributed by atoms with Gasteiger partial charge in [0.15, 0.2) is 18.2 Å². The second-order valence-electron chi connectivity index (χ2n) is 5.63. The molecule has 0 aliphatic carbocycles. The lowest BCUT2D eigenvalue weighted by Crippen LogP contribution is -2.24. The first-order valence-electron chi connectivity index (χ1n) is 7.53. The number of hydrogen-bond acceptors (Lipinski definition) is 4. The largest absolute Gasteiger partial charge is 0.484 e. The molecule has 0 aliphatic rings. The van der Waals surface area contributed by atoms with Gasteiger partial charge in [-0.3, -0.25) is 4.79 Å². The van der Waals surface area contributed by atoms with Gasteiger partial charge in [-0.2, -0.15) is 0 Å². The zero-order chi connectivity index (χ0) is 19.3. The second-order valence-corrected chi connectivity index (χ2v) is 7.72. The van der Waals surface area contributed by atoms with Crippen molar-refractivity contribution in [2.75, 3.05) is 25.2 Å². The number of carbonyl (C=O) groups is 1. The number of carbonyl (C=O) groups excluding carboxylic acids is 1. The Morgan fingerprint density at radius 2 is 1.77 bits per heavy atom. The van der Waals surface area contributed by atoms with Crippen LogP contribution in [0, 0.1) is 11.6 Å². The highest BCUT2D eigenvalue weighted by atomic mass is 32.2. The van der Waals surface area contributed by atoms with E-state index in [1.54, 1.807) is 24.3 Å². The molecule has 26 heavy (non-hydrogen) atoms. The van der Waals surface area contributed by atoms with Gasteiger partial charge in [0.2, 0.25) is 10.0 Å². The van der Waals surface area contributed by atoms with E-state index >= 15 is 0 Å². The number of benzene rings is 2. The van der Waals surface area contributed by atoms with E-state index < -0.39 is 27.6 Å². The van der Waals surface area contributed by atoms with Crippen LogP contribution in [0.2, 0.25) is 0 Å². The monoisotopic (exact) mass is 384 g/mol. The highest BCUT2D eigenvalue weighted by molar-refractivity contribution is 7.88. The SMILES string of the molecule is CN(Cc1ccc(OCC(=O)Nc2ccc(F)c(F)c2)cc1)S(C)(=O)=O. The summed E-state index contributed by atoms with van der Waals surface area (Å²) >= 11 is 0. The van der Waals surface area contributed by atoms with Gasteiger partial charge in [0, 0.05) is 25.3 Å². The Hall–Kier alpha value is -2.52. The van der Waals surface area contributed by atoms with Crippen LogP contribution in [0.3, 0.4) is 0 Å². The Kier molecular flexibility index (Phi) is 6.27. The normalized spacial score (nSPS) is 11.4. The lowest BCUT2D eigenvalue weighted by Gasteiger charge is -2.14. The summed E-state index contributed by atoms with van der Waals surface area (Å²) in [7, 11) is -1.79. The highest BCUT2D eigenvalue weighted by Gasteiger charge is 2.11. The zero-order valence-electron chi connectivity index (χ0n) is 14.2. The molecule has 0 unspecified atom stereocenters. The van der Waals surface area contributed by atoms with Crippen LogP contribution in [-0.4, -0.2) is 38.5 Å². The van der Waals surface area contributed by atoms with Crippen molar-refractivity contribution in [2.45, 2.75) is 6.54 Å². The summed E-state index contributed by atoms with van der Waals surface area (Å²) in [5.41, 5.74) is 0.883. The summed E-state index contributed by atoms with van der Waals surface area (Å²) in [6.07, 6.45) is 1.12.